The van der Waals surface area contributed by atoms with Crippen LogP contribution in [0.4, 0.5) is 0 Å². The van der Waals surface area contributed by atoms with Crippen LogP contribution in [0.1, 0.15) is 37.1 Å². The Morgan fingerprint density at radius 3 is 2.62 bits per heavy atom. The van der Waals surface area contributed by atoms with E-state index in [1.807, 2.05) is 6.07 Å². The van der Waals surface area contributed by atoms with E-state index in [9.17, 15) is 0 Å². The number of rotatable bonds is 8. The molecule has 1 heterocycles. The quantitative estimate of drug-likeness (QED) is 0.803. The number of nitrogens with zero attached hydrogens (tertiary/aromatic N) is 1. The largest absolute Gasteiger partial charge is 0.468 e. The van der Waals surface area contributed by atoms with Crippen LogP contribution < -0.4 is 5.32 Å². The van der Waals surface area contributed by atoms with Crippen molar-refractivity contribution in [3.8, 4) is 0 Å². The van der Waals surface area contributed by atoms with Crippen LogP contribution in [0.25, 0.3) is 0 Å². The molecule has 21 heavy (non-hydrogen) atoms. The fourth-order valence-corrected chi connectivity index (χ4v) is 2.87. The van der Waals surface area contributed by atoms with Gasteiger partial charge in [0.05, 0.1) is 12.8 Å². The van der Waals surface area contributed by atoms with Crippen LogP contribution in [0.2, 0.25) is 0 Å². The Labute approximate surface area is 127 Å². The lowest BCUT2D eigenvalue weighted by atomic mass is 10.0. The van der Waals surface area contributed by atoms with E-state index in [1.54, 1.807) is 6.26 Å². The fourth-order valence-electron chi connectivity index (χ4n) is 2.87. The Morgan fingerprint density at radius 2 is 2.00 bits per heavy atom. The van der Waals surface area contributed by atoms with E-state index >= 15 is 0 Å². The van der Waals surface area contributed by atoms with Crippen molar-refractivity contribution in [3.63, 3.8) is 0 Å². The highest BCUT2D eigenvalue weighted by molar-refractivity contribution is 5.20. The molecule has 0 bridgehead atoms. The molecule has 0 amide bonds. The van der Waals surface area contributed by atoms with Crippen LogP contribution in [0.5, 0.6) is 0 Å². The average molecular weight is 284 g/mol. The first kappa shape index (κ1) is 14.4. The summed E-state index contributed by atoms with van der Waals surface area (Å²) in [6.45, 7) is 5.04. The maximum absolute atomic E-state index is 5.57. The van der Waals surface area contributed by atoms with Gasteiger partial charge in [-0.3, -0.25) is 4.90 Å². The van der Waals surface area contributed by atoms with Crippen molar-refractivity contribution in [2.24, 2.45) is 0 Å². The molecule has 1 aromatic heterocycles. The SMILES string of the molecule is CCNCC(c1ccccc1)N(Cc1ccco1)C1CC1. The summed E-state index contributed by atoms with van der Waals surface area (Å²) >= 11 is 0. The van der Waals surface area contributed by atoms with Crippen molar-refractivity contribution in [2.45, 2.75) is 38.4 Å². The third-order valence-electron chi connectivity index (χ3n) is 4.11. The van der Waals surface area contributed by atoms with Gasteiger partial charge >= 0.3 is 0 Å². The molecule has 112 valence electrons. The second-order valence-electron chi connectivity index (χ2n) is 5.72. The van der Waals surface area contributed by atoms with E-state index in [-0.39, 0.29) is 0 Å². The van der Waals surface area contributed by atoms with Gasteiger partial charge in [-0.05, 0) is 37.1 Å². The van der Waals surface area contributed by atoms with Gasteiger partial charge in [0.25, 0.3) is 0 Å². The molecule has 0 radical (unpaired) electrons. The van der Waals surface area contributed by atoms with Gasteiger partial charge in [-0.1, -0.05) is 37.3 Å². The second-order valence-corrected chi connectivity index (χ2v) is 5.72. The molecule has 1 aromatic carbocycles. The van der Waals surface area contributed by atoms with Gasteiger partial charge in [-0.25, -0.2) is 0 Å². The molecule has 2 aromatic rings. The zero-order chi connectivity index (χ0) is 14.5. The molecular formula is C18H24N2O. The number of furan rings is 1. The summed E-state index contributed by atoms with van der Waals surface area (Å²) in [5, 5.41) is 3.52. The summed E-state index contributed by atoms with van der Waals surface area (Å²) in [7, 11) is 0. The first-order valence-electron chi connectivity index (χ1n) is 7.92. The Hall–Kier alpha value is -1.58. The van der Waals surface area contributed by atoms with Gasteiger partial charge < -0.3 is 9.73 Å². The molecule has 1 atom stereocenters. The Bertz CT molecular complexity index is 519. The van der Waals surface area contributed by atoms with Crippen LogP contribution in [-0.2, 0) is 6.54 Å². The fraction of sp³-hybridized carbons (Fsp3) is 0.444. The average Bonchev–Trinajstić information content (AvgIpc) is 3.24. The predicted octanol–water partition coefficient (Wildman–Crippen LogP) is 3.59. The zero-order valence-electron chi connectivity index (χ0n) is 12.7. The molecule has 1 unspecified atom stereocenters. The summed E-state index contributed by atoms with van der Waals surface area (Å²) < 4.78 is 5.57. The van der Waals surface area contributed by atoms with E-state index in [0.717, 1.165) is 25.4 Å². The summed E-state index contributed by atoms with van der Waals surface area (Å²) in [6.07, 6.45) is 4.37. The Kier molecular flexibility index (Phi) is 4.73. The number of hydrogen-bond acceptors (Lipinski definition) is 3. The molecule has 0 aliphatic heterocycles. The van der Waals surface area contributed by atoms with Crippen molar-refractivity contribution in [3.05, 3.63) is 60.1 Å². The van der Waals surface area contributed by atoms with Gasteiger partial charge in [0.1, 0.15) is 5.76 Å². The molecule has 1 saturated carbocycles. The molecule has 0 spiro atoms. The molecule has 3 heteroatoms. The van der Waals surface area contributed by atoms with E-state index in [4.69, 9.17) is 4.42 Å². The monoisotopic (exact) mass is 284 g/mol. The van der Waals surface area contributed by atoms with Crippen molar-refractivity contribution >= 4 is 0 Å². The van der Waals surface area contributed by atoms with Crippen LogP contribution in [0, 0.1) is 0 Å². The predicted molar refractivity (Wildman–Crippen MR) is 85.0 cm³/mol. The topological polar surface area (TPSA) is 28.4 Å². The normalized spacial score (nSPS) is 16.3. The van der Waals surface area contributed by atoms with E-state index in [0.29, 0.717) is 12.1 Å². The maximum Gasteiger partial charge on any atom is 0.117 e. The van der Waals surface area contributed by atoms with Crippen molar-refractivity contribution in [2.75, 3.05) is 13.1 Å². The second kappa shape index (κ2) is 6.92. The van der Waals surface area contributed by atoms with Gasteiger partial charge in [0.15, 0.2) is 0 Å². The minimum absolute atomic E-state index is 0.406. The summed E-state index contributed by atoms with van der Waals surface area (Å²) in [5.41, 5.74) is 1.39. The summed E-state index contributed by atoms with van der Waals surface area (Å²) in [4.78, 5) is 2.59. The van der Waals surface area contributed by atoms with Gasteiger partial charge in [-0.2, -0.15) is 0 Å². The van der Waals surface area contributed by atoms with Crippen molar-refractivity contribution < 1.29 is 4.42 Å². The number of hydrogen-bond donors (Lipinski definition) is 1. The molecular weight excluding hydrogens is 260 g/mol. The van der Waals surface area contributed by atoms with Gasteiger partial charge in [-0.15, -0.1) is 0 Å². The van der Waals surface area contributed by atoms with Crippen molar-refractivity contribution in [1.29, 1.82) is 0 Å². The van der Waals surface area contributed by atoms with Crippen LogP contribution in [0.3, 0.4) is 0 Å². The third kappa shape index (κ3) is 3.74. The smallest absolute Gasteiger partial charge is 0.117 e. The molecule has 1 fully saturated rings. The lowest BCUT2D eigenvalue weighted by molar-refractivity contribution is 0.161. The minimum atomic E-state index is 0.406. The molecule has 1 N–H and O–H groups in total. The zero-order valence-corrected chi connectivity index (χ0v) is 12.7. The highest BCUT2D eigenvalue weighted by Crippen LogP contribution is 2.35. The van der Waals surface area contributed by atoms with Crippen LogP contribution in [0.15, 0.2) is 53.1 Å². The van der Waals surface area contributed by atoms with Crippen LogP contribution >= 0.6 is 0 Å². The lowest BCUT2D eigenvalue weighted by Gasteiger charge is -2.32. The van der Waals surface area contributed by atoms with E-state index in [1.165, 1.54) is 18.4 Å². The number of likely N-dealkylation sites (N-methyl/N-ethyl adjacent to an activating group) is 1. The molecule has 3 rings (SSSR count). The van der Waals surface area contributed by atoms with Gasteiger partial charge in [0.2, 0.25) is 0 Å². The Morgan fingerprint density at radius 1 is 1.19 bits per heavy atom. The highest BCUT2D eigenvalue weighted by atomic mass is 16.3. The van der Waals surface area contributed by atoms with Gasteiger partial charge in [0, 0.05) is 18.6 Å². The first-order valence-corrected chi connectivity index (χ1v) is 7.92. The Balaban J connectivity index is 1.81. The molecule has 1 aliphatic rings. The first-order chi connectivity index (χ1) is 10.4. The standard InChI is InChI=1S/C18H24N2O/c1-2-19-13-18(15-7-4-3-5-8-15)20(16-10-11-16)14-17-9-6-12-21-17/h3-9,12,16,18-19H,2,10-11,13-14H2,1H3. The molecule has 3 nitrogen and oxygen atoms in total. The van der Waals surface area contributed by atoms with Crippen molar-refractivity contribution in [1.82, 2.24) is 10.2 Å². The highest BCUT2D eigenvalue weighted by Gasteiger charge is 2.34. The van der Waals surface area contributed by atoms with Crippen LogP contribution in [-0.4, -0.2) is 24.0 Å². The summed E-state index contributed by atoms with van der Waals surface area (Å²) in [6, 6.07) is 16.0. The summed E-state index contributed by atoms with van der Waals surface area (Å²) in [5.74, 6) is 1.05. The number of nitrogens with one attached hydrogen (secondary N) is 1. The van der Waals surface area contributed by atoms with E-state index in [2.05, 4.69) is 53.5 Å². The maximum atomic E-state index is 5.57. The number of benzene rings is 1. The third-order valence-corrected chi connectivity index (χ3v) is 4.11. The molecule has 0 saturated heterocycles. The minimum Gasteiger partial charge on any atom is -0.468 e. The van der Waals surface area contributed by atoms with E-state index < -0.39 is 0 Å². The lowest BCUT2D eigenvalue weighted by Crippen LogP contribution is -2.37. The molecule has 1 aliphatic carbocycles.